The fourth-order valence-corrected chi connectivity index (χ4v) is 2.79. The van der Waals surface area contributed by atoms with E-state index in [0.29, 0.717) is 12.0 Å². The number of amides is 2. The van der Waals surface area contributed by atoms with Crippen LogP contribution < -0.4 is 16.4 Å². The molecule has 0 radical (unpaired) electrons. The Kier molecular flexibility index (Phi) is 2.98. The largest absolute Gasteiger partial charge is 0.349 e. The van der Waals surface area contributed by atoms with Crippen molar-refractivity contribution in [3.05, 3.63) is 29.3 Å². The summed E-state index contributed by atoms with van der Waals surface area (Å²) in [6.45, 7) is 0. The normalized spacial score (nSPS) is 25.0. The molecule has 2 atom stereocenters. The van der Waals surface area contributed by atoms with Crippen LogP contribution in [0.3, 0.4) is 0 Å². The molecule has 0 bridgehead atoms. The number of carbonyl (C=O) groups excluding carboxylic acids is 2. The van der Waals surface area contributed by atoms with Gasteiger partial charge in [-0.05, 0) is 43.0 Å². The Labute approximate surface area is 111 Å². The first-order valence-electron chi connectivity index (χ1n) is 6.61. The van der Waals surface area contributed by atoms with Gasteiger partial charge in [0, 0.05) is 23.3 Å². The summed E-state index contributed by atoms with van der Waals surface area (Å²) in [4.78, 5) is 23.4. The molecule has 1 aromatic rings. The summed E-state index contributed by atoms with van der Waals surface area (Å²) in [5, 5.41) is 5.76. The number of carbonyl (C=O) groups is 2. The average molecular weight is 259 g/mol. The van der Waals surface area contributed by atoms with E-state index >= 15 is 0 Å². The van der Waals surface area contributed by atoms with Gasteiger partial charge in [0.25, 0.3) is 5.91 Å². The van der Waals surface area contributed by atoms with Gasteiger partial charge in [-0.15, -0.1) is 0 Å². The summed E-state index contributed by atoms with van der Waals surface area (Å²) >= 11 is 0. The summed E-state index contributed by atoms with van der Waals surface area (Å²) in [6.07, 6.45) is 3.10. The van der Waals surface area contributed by atoms with Crippen molar-refractivity contribution in [1.29, 1.82) is 0 Å². The Morgan fingerprint density at radius 3 is 2.95 bits per heavy atom. The van der Waals surface area contributed by atoms with Crippen LogP contribution in [0, 0.1) is 0 Å². The Bertz CT molecular complexity index is 541. The SMILES string of the molecule is NC1CCC(NC(=O)c2ccc3c(c2)CC(=O)N3)C1. The Balaban J connectivity index is 1.71. The Morgan fingerprint density at radius 1 is 1.37 bits per heavy atom. The van der Waals surface area contributed by atoms with E-state index in [1.54, 1.807) is 18.2 Å². The van der Waals surface area contributed by atoms with Gasteiger partial charge in [0.1, 0.15) is 0 Å². The number of nitrogens with one attached hydrogen (secondary N) is 2. The zero-order valence-electron chi connectivity index (χ0n) is 10.6. The maximum absolute atomic E-state index is 12.1. The molecule has 0 aromatic heterocycles. The van der Waals surface area contributed by atoms with Crippen molar-refractivity contribution in [2.45, 2.75) is 37.8 Å². The topological polar surface area (TPSA) is 84.2 Å². The highest BCUT2D eigenvalue weighted by Gasteiger charge is 2.24. The van der Waals surface area contributed by atoms with Crippen LogP contribution in [0.25, 0.3) is 0 Å². The van der Waals surface area contributed by atoms with Crippen molar-refractivity contribution in [3.8, 4) is 0 Å². The number of anilines is 1. The third kappa shape index (κ3) is 2.46. The molecular formula is C14H17N3O2. The maximum atomic E-state index is 12.1. The van der Waals surface area contributed by atoms with Crippen molar-refractivity contribution in [3.63, 3.8) is 0 Å². The summed E-state index contributed by atoms with van der Waals surface area (Å²) in [6, 6.07) is 5.70. The molecular weight excluding hydrogens is 242 g/mol. The molecule has 2 amide bonds. The number of hydrogen-bond donors (Lipinski definition) is 3. The lowest BCUT2D eigenvalue weighted by atomic mass is 10.1. The van der Waals surface area contributed by atoms with E-state index in [0.717, 1.165) is 30.5 Å². The van der Waals surface area contributed by atoms with Gasteiger partial charge in [-0.25, -0.2) is 0 Å². The van der Waals surface area contributed by atoms with Crippen LogP contribution in [0.1, 0.15) is 35.2 Å². The van der Waals surface area contributed by atoms with Gasteiger partial charge < -0.3 is 16.4 Å². The average Bonchev–Trinajstić information content (AvgIpc) is 2.93. The lowest BCUT2D eigenvalue weighted by Gasteiger charge is -2.12. The summed E-state index contributed by atoms with van der Waals surface area (Å²) in [7, 11) is 0. The molecule has 0 saturated heterocycles. The molecule has 0 spiro atoms. The van der Waals surface area contributed by atoms with Crippen LogP contribution in [0.4, 0.5) is 5.69 Å². The fraction of sp³-hybridized carbons (Fsp3) is 0.429. The first kappa shape index (κ1) is 12.2. The van der Waals surface area contributed by atoms with Gasteiger partial charge in [-0.1, -0.05) is 0 Å². The number of rotatable bonds is 2. The van der Waals surface area contributed by atoms with Crippen LogP contribution in [-0.4, -0.2) is 23.9 Å². The third-order valence-electron chi connectivity index (χ3n) is 3.80. The van der Waals surface area contributed by atoms with Gasteiger partial charge in [0.15, 0.2) is 0 Å². The predicted molar refractivity (Wildman–Crippen MR) is 71.9 cm³/mol. The van der Waals surface area contributed by atoms with Crippen LogP contribution >= 0.6 is 0 Å². The van der Waals surface area contributed by atoms with Crippen molar-refractivity contribution >= 4 is 17.5 Å². The van der Waals surface area contributed by atoms with Crippen LogP contribution in [0.5, 0.6) is 0 Å². The second kappa shape index (κ2) is 4.66. The van der Waals surface area contributed by atoms with Crippen molar-refractivity contribution in [2.24, 2.45) is 5.73 Å². The summed E-state index contributed by atoms with van der Waals surface area (Å²) < 4.78 is 0. The van der Waals surface area contributed by atoms with E-state index in [4.69, 9.17) is 5.73 Å². The molecule has 100 valence electrons. The smallest absolute Gasteiger partial charge is 0.251 e. The standard InChI is InChI=1S/C14H17N3O2/c15-10-2-3-11(7-10)16-14(19)8-1-4-12-9(5-8)6-13(18)17-12/h1,4-5,10-11H,2-3,6-7,15H2,(H,16,19)(H,17,18). The van der Waals surface area contributed by atoms with Crippen LogP contribution in [-0.2, 0) is 11.2 Å². The minimum absolute atomic E-state index is 0.0191. The minimum atomic E-state index is -0.0822. The number of hydrogen-bond acceptors (Lipinski definition) is 3. The highest BCUT2D eigenvalue weighted by Crippen LogP contribution is 2.24. The lowest BCUT2D eigenvalue weighted by Crippen LogP contribution is -2.34. The van der Waals surface area contributed by atoms with Gasteiger partial charge in [-0.3, -0.25) is 9.59 Å². The molecule has 5 heteroatoms. The molecule has 5 nitrogen and oxygen atoms in total. The molecule has 19 heavy (non-hydrogen) atoms. The monoisotopic (exact) mass is 259 g/mol. The molecule has 2 aliphatic rings. The Morgan fingerprint density at radius 2 is 2.21 bits per heavy atom. The van der Waals surface area contributed by atoms with Gasteiger partial charge in [0.05, 0.1) is 6.42 Å². The van der Waals surface area contributed by atoms with Gasteiger partial charge in [0.2, 0.25) is 5.91 Å². The number of nitrogens with two attached hydrogens (primary N) is 1. The molecule has 1 aliphatic carbocycles. The summed E-state index contributed by atoms with van der Waals surface area (Å²) in [5.74, 6) is -0.101. The first-order chi connectivity index (χ1) is 9.11. The minimum Gasteiger partial charge on any atom is -0.349 e. The molecule has 2 unspecified atom stereocenters. The van der Waals surface area contributed by atoms with Crippen molar-refractivity contribution in [1.82, 2.24) is 5.32 Å². The van der Waals surface area contributed by atoms with E-state index in [-0.39, 0.29) is 23.9 Å². The molecule has 4 N–H and O–H groups in total. The fourth-order valence-electron chi connectivity index (χ4n) is 2.79. The van der Waals surface area contributed by atoms with E-state index in [2.05, 4.69) is 10.6 Å². The lowest BCUT2D eigenvalue weighted by molar-refractivity contribution is -0.115. The highest BCUT2D eigenvalue weighted by molar-refractivity contribution is 6.01. The van der Waals surface area contributed by atoms with E-state index in [1.807, 2.05) is 0 Å². The molecule has 1 aromatic carbocycles. The predicted octanol–water partition coefficient (Wildman–Crippen LogP) is 0.791. The second-order valence-corrected chi connectivity index (χ2v) is 5.34. The molecule has 1 saturated carbocycles. The maximum Gasteiger partial charge on any atom is 0.251 e. The zero-order chi connectivity index (χ0) is 13.4. The van der Waals surface area contributed by atoms with E-state index < -0.39 is 0 Å². The highest BCUT2D eigenvalue weighted by atomic mass is 16.2. The van der Waals surface area contributed by atoms with Crippen LogP contribution in [0.2, 0.25) is 0 Å². The van der Waals surface area contributed by atoms with Crippen LogP contribution in [0.15, 0.2) is 18.2 Å². The van der Waals surface area contributed by atoms with E-state index in [9.17, 15) is 9.59 Å². The van der Waals surface area contributed by atoms with E-state index in [1.165, 1.54) is 0 Å². The number of fused-ring (bicyclic) bond motifs is 1. The summed E-state index contributed by atoms with van der Waals surface area (Å²) in [5.41, 5.74) is 8.14. The van der Waals surface area contributed by atoms with Gasteiger partial charge >= 0.3 is 0 Å². The first-order valence-corrected chi connectivity index (χ1v) is 6.61. The quantitative estimate of drug-likeness (QED) is 0.734. The molecule has 1 aliphatic heterocycles. The third-order valence-corrected chi connectivity index (χ3v) is 3.80. The number of benzene rings is 1. The van der Waals surface area contributed by atoms with Crippen molar-refractivity contribution in [2.75, 3.05) is 5.32 Å². The molecule has 3 rings (SSSR count). The second-order valence-electron chi connectivity index (χ2n) is 5.34. The molecule has 1 fully saturated rings. The van der Waals surface area contributed by atoms with Gasteiger partial charge in [-0.2, -0.15) is 0 Å². The Hall–Kier alpha value is -1.88. The zero-order valence-corrected chi connectivity index (χ0v) is 10.6. The van der Waals surface area contributed by atoms with Crippen molar-refractivity contribution < 1.29 is 9.59 Å². The molecule has 1 heterocycles.